The van der Waals surface area contributed by atoms with E-state index in [1.165, 1.54) is 60.4 Å². The average molecular weight is 363 g/mol. The van der Waals surface area contributed by atoms with Gasteiger partial charge in [-0.25, -0.2) is 0 Å². The van der Waals surface area contributed by atoms with Gasteiger partial charge in [-0.2, -0.15) is 0 Å². The summed E-state index contributed by atoms with van der Waals surface area (Å²) in [4.78, 5) is 0. The molecule has 0 aliphatic rings. The second kappa shape index (κ2) is 10.8. The van der Waals surface area contributed by atoms with E-state index in [0.717, 1.165) is 0 Å². The molecule has 0 amide bonds. The van der Waals surface area contributed by atoms with Crippen LogP contribution in [0.3, 0.4) is 0 Å². The summed E-state index contributed by atoms with van der Waals surface area (Å²) in [5.41, 5.74) is 5.89. The molecule has 1 N–H and O–H groups in total. The van der Waals surface area contributed by atoms with E-state index in [2.05, 4.69) is 51.1 Å². The van der Waals surface area contributed by atoms with Gasteiger partial charge in [0.1, 0.15) is 5.75 Å². The Hall–Kier alpha value is -2.28. The maximum absolute atomic E-state index is 8.76. The molecule has 0 fully saturated rings. The number of phenols is 1. The van der Waals surface area contributed by atoms with Gasteiger partial charge in [-0.3, -0.25) is 0 Å². The molecule has 0 bridgehead atoms. The first-order chi connectivity index (χ1) is 13.1. The molecular formula is C26H34O. The minimum Gasteiger partial charge on any atom is -0.508 e. The lowest BCUT2D eigenvalue weighted by Crippen LogP contribution is -1.99. The van der Waals surface area contributed by atoms with Crippen LogP contribution in [0.15, 0.2) is 54.6 Å². The van der Waals surface area contributed by atoms with E-state index in [4.69, 9.17) is 5.11 Å². The van der Waals surface area contributed by atoms with Gasteiger partial charge in [-0.15, -0.1) is 0 Å². The van der Waals surface area contributed by atoms with Crippen LogP contribution >= 0.6 is 0 Å². The fourth-order valence-electron chi connectivity index (χ4n) is 3.48. The van der Waals surface area contributed by atoms with Gasteiger partial charge in [0.2, 0.25) is 0 Å². The summed E-state index contributed by atoms with van der Waals surface area (Å²) in [6, 6.07) is 18.4. The van der Waals surface area contributed by atoms with Crippen molar-refractivity contribution in [3.63, 3.8) is 0 Å². The van der Waals surface area contributed by atoms with Crippen LogP contribution in [-0.2, 0) is 12.8 Å². The number of unbranched alkanes of at least 4 members (excludes halogenated alkanes) is 2. The molecule has 27 heavy (non-hydrogen) atoms. The maximum atomic E-state index is 8.76. The van der Waals surface area contributed by atoms with E-state index >= 15 is 0 Å². The fraction of sp³-hybridized carbons (Fsp3) is 0.385. The Kier molecular flexibility index (Phi) is 8.39. The van der Waals surface area contributed by atoms with Crippen LogP contribution in [0.1, 0.15) is 61.8 Å². The standard InChI is InChI=1S/C19H26.C7H8O/c1-4-6-10-16-14-17-11-8-9-13-19(17)15(3)18(16)12-7-5-2;1-6-2-4-7(8)5-3-6/h8-9,11,13-14H,4-7,10,12H2,1-3H3;2-5,8H,1H3. The fourth-order valence-corrected chi connectivity index (χ4v) is 3.48. The van der Waals surface area contributed by atoms with Crippen LogP contribution in [0.2, 0.25) is 0 Å². The molecule has 0 saturated carbocycles. The predicted octanol–water partition coefficient (Wildman–Crippen LogP) is 7.53. The molecule has 3 aromatic carbocycles. The summed E-state index contributed by atoms with van der Waals surface area (Å²) < 4.78 is 0. The third kappa shape index (κ3) is 6.13. The zero-order valence-electron chi connectivity index (χ0n) is 17.4. The first-order valence-electron chi connectivity index (χ1n) is 10.3. The molecule has 3 aromatic rings. The van der Waals surface area contributed by atoms with Crippen molar-refractivity contribution in [3.8, 4) is 5.75 Å². The molecule has 0 saturated heterocycles. The first-order valence-corrected chi connectivity index (χ1v) is 10.3. The van der Waals surface area contributed by atoms with Gasteiger partial charge in [0.05, 0.1) is 0 Å². The highest BCUT2D eigenvalue weighted by atomic mass is 16.3. The van der Waals surface area contributed by atoms with Crippen molar-refractivity contribution < 1.29 is 5.11 Å². The molecule has 0 radical (unpaired) electrons. The quantitative estimate of drug-likeness (QED) is 0.480. The van der Waals surface area contributed by atoms with E-state index in [1.54, 1.807) is 23.3 Å². The largest absolute Gasteiger partial charge is 0.508 e. The van der Waals surface area contributed by atoms with Crippen molar-refractivity contribution in [2.75, 3.05) is 0 Å². The van der Waals surface area contributed by atoms with E-state index in [-0.39, 0.29) is 0 Å². The third-order valence-electron chi connectivity index (χ3n) is 5.15. The predicted molar refractivity (Wildman–Crippen MR) is 119 cm³/mol. The lowest BCUT2D eigenvalue weighted by Gasteiger charge is -2.15. The zero-order chi connectivity index (χ0) is 19.6. The van der Waals surface area contributed by atoms with E-state index in [0.29, 0.717) is 5.75 Å². The molecule has 0 heterocycles. The van der Waals surface area contributed by atoms with Crippen LogP contribution < -0.4 is 0 Å². The van der Waals surface area contributed by atoms with Gasteiger partial charge in [0, 0.05) is 0 Å². The molecule has 1 heteroatoms. The Bertz CT molecular complexity index is 810. The number of aryl methyl sites for hydroxylation is 3. The SMILES string of the molecule is CCCCc1cc2ccccc2c(C)c1CCCC.Cc1ccc(O)cc1. The van der Waals surface area contributed by atoms with Crippen molar-refractivity contribution in [3.05, 3.63) is 76.9 Å². The van der Waals surface area contributed by atoms with Gasteiger partial charge >= 0.3 is 0 Å². The normalized spacial score (nSPS) is 10.5. The van der Waals surface area contributed by atoms with Gasteiger partial charge in [0.25, 0.3) is 0 Å². The molecule has 0 unspecified atom stereocenters. The summed E-state index contributed by atoms with van der Waals surface area (Å²) >= 11 is 0. The Morgan fingerprint density at radius 2 is 1.41 bits per heavy atom. The molecule has 3 rings (SSSR count). The van der Waals surface area contributed by atoms with E-state index in [9.17, 15) is 0 Å². The van der Waals surface area contributed by atoms with Crippen molar-refractivity contribution in [2.45, 2.75) is 66.2 Å². The van der Waals surface area contributed by atoms with Crippen LogP contribution in [-0.4, -0.2) is 5.11 Å². The molecule has 0 aliphatic heterocycles. The van der Waals surface area contributed by atoms with Crippen LogP contribution in [0.4, 0.5) is 0 Å². The van der Waals surface area contributed by atoms with Crippen LogP contribution in [0, 0.1) is 13.8 Å². The minimum absolute atomic E-state index is 0.329. The number of aromatic hydroxyl groups is 1. The Balaban J connectivity index is 0.000000273. The molecule has 0 atom stereocenters. The highest BCUT2D eigenvalue weighted by Crippen LogP contribution is 2.28. The highest BCUT2D eigenvalue weighted by Gasteiger charge is 2.09. The summed E-state index contributed by atoms with van der Waals surface area (Å²) in [5.74, 6) is 0.329. The number of rotatable bonds is 6. The number of hydrogen-bond donors (Lipinski definition) is 1. The van der Waals surface area contributed by atoms with Crippen molar-refractivity contribution in [1.29, 1.82) is 0 Å². The summed E-state index contributed by atoms with van der Waals surface area (Å²) in [5, 5.41) is 11.6. The van der Waals surface area contributed by atoms with Gasteiger partial charge in [-0.1, -0.05) is 74.7 Å². The number of phenolic OH excluding ortho intramolecular Hbond substituents is 1. The van der Waals surface area contributed by atoms with E-state index in [1.807, 2.05) is 19.1 Å². The summed E-state index contributed by atoms with van der Waals surface area (Å²) in [6.45, 7) is 8.85. The topological polar surface area (TPSA) is 20.2 Å². The number of fused-ring (bicyclic) bond motifs is 1. The van der Waals surface area contributed by atoms with Crippen molar-refractivity contribution >= 4 is 10.8 Å². The van der Waals surface area contributed by atoms with Gasteiger partial charge < -0.3 is 5.11 Å². The molecular weight excluding hydrogens is 328 g/mol. The molecule has 0 aliphatic carbocycles. The minimum atomic E-state index is 0.329. The average Bonchev–Trinajstić information content (AvgIpc) is 2.68. The molecule has 0 spiro atoms. The smallest absolute Gasteiger partial charge is 0.115 e. The van der Waals surface area contributed by atoms with Crippen LogP contribution in [0.25, 0.3) is 10.8 Å². The van der Waals surface area contributed by atoms with Gasteiger partial charge in [-0.05, 0) is 79.1 Å². The number of hydrogen-bond acceptors (Lipinski definition) is 1. The molecule has 144 valence electrons. The third-order valence-corrected chi connectivity index (χ3v) is 5.15. The summed E-state index contributed by atoms with van der Waals surface area (Å²) in [6.07, 6.45) is 7.64. The summed E-state index contributed by atoms with van der Waals surface area (Å²) in [7, 11) is 0. The van der Waals surface area contributed by atoms with Gasteiger partial charge in [0.15, 0.2) is 0 Å². The Morgan fingerprint density at radius 3 is 2.04 bits per heavy atom. The Morgan fingerprint density at radius 1 is 0.778 bits per heavy atom. The zero-order valence-corrected chi connectivity index (χ0v) is 17.4. The van der Waals surface area contributed by atoms with E-state index < -0.39 is 0 Å². The Labute approximate surface area is 165 Å². The molecule has 1 nitrogen and oxygen atoms in total. The molecule has 0 aromatic heterocycles. The lowest BCUT2D eigenvalue weighted by atomic mass is 9.89. The lowest BCUT2D eigenvalue weighted by molar-refractivity contribution is 0.475. The first kappa shape index (κ1) is 21.0. The second-order valence-corrected chi connectivity index (χ2v) is 7.40. The van der Waals surface area contributed by atoms with Crippen molar-refractivity contribution in [2.24, 2.45) is 0 Å². The van der Waals surface area contributed by atoms with Crippen molar-refractivity contribution in [1.82, 2.24) is 0 Å². The monoisotopic (exact) mass is 362 g/mol. The van der Waals surface area contributed by atoms with Crippen LogP contribution in [0.5, 0.6) is 5.75 Å². The highest BCUT2D eigenvalue weighted by molar-refractivity contribution is 5.87. The maximum Gasteiger partial charge on any atom is 0.115 e. The second-order valence-electron chi connectivity index (χ2n) is 7.40. The number of benzene rings is 3.